The number of aromatic nitrogens is 2. The molecule has 6 heteroatoms. The van der Waals surface area contributed by atoms with Gasteiger partial charge in [0.05, 0.1) is 19.4 Å². The molecule has 6 nitrogen and oxygen atoms in total. The van der Waals surface area contributed by atoms with Gasteiger partial charge in [-0.15, -0.1) is 10.2 Å². The molecular formula is C17H20N4O2. The maximum atomic E-state index is 8.55. The number of benzene rings is 1. The Labute approximate surface area is 136 Å². The minimum Gasteiger partial charge on any atom is -0.493 e. The summed E-state index contributed by atoms with van der Waals surface area (Å²) in [6.45, 7) is 4.97. The van der Waals surface area contributed by atoms with E-state index >= 15 is 0 Å². The summed E-state index contributed by atoms with van der Waals surface area (Å²) in [7, 11) is 1.61. The fourth-order valence-electron chi connectivity index (χ4n) is 1.96. The van der Waals surface area contributed by atoms with E-state index in [0.717, 1.165) is 12.0 Å². The summed E-state index contributed by atoms with van der Waals surface area (Å²) in [5.74, 6) is 2.38. The van der Waals surface area contributed by atoms with Crippen molar-refractivity contribution in [3.63, 3.8) is 0 Å². The van der Waals surface area contributed by atoms with Crippen LogP contribution in [0.25, 0.3) is 11.3 Å². The highest BCUT2D eigenvalue weighted by Gasteiger charge is 2.09. The van der Waals surface area contributed by atoms with Gasteiger partial charge in [-0.2, -0.15) is 5.26 Å². The van der Waals surface area contributed by atoms with Crippen molar-refractivity contribution in [2.24, 2.45) is 5.92 Å². The number of rotatable bonds is 7. The summed E-state index contributed by atoms with van der Waals surface area (Å²) >= 11 is 0. The van der Waals surface area contributed by atoms with E-state index in [-0.39, 0.29) is 0 Å². The number of nitrogens with one attached hydrogen (secondary N) is 1. The average molecular weight is 312 g/mol. The monoisotopic (exact) mass is 312 g/mol. The van der Waals surface area contributed by atoms with E-state index in [2.05, 4.69) is 29.4 Å². The van der Waals surface area contributed by atoms with Gasteiger partial charge in [0, 0.05) is 5.56 Å². The minimum atomic E-state index is 0.414. The highest BCUT2D eigenvalue weighted by atomic mass is 16.5. The second-order valence-corrected chi connectivity index (χ2v) is 5.44. The minimum absolute atomic E-state index is 0.414. The number of hydrogen-bond donors (Lipinski definition) is 1. The molecule has 0 spiro atoms. The van der Waals surface area contributed by atoms with Gasteiger partial charge in [-0.05, 0) is 42.7 Å². The van der Waals surface area contributed by atoms with Crippen LogP contribution in [0.3, 0.4) is 0 Å². The number of hydrogen-bond acceptors (Lipinski definition) is 6. The van der Waals surface area contributed by atoms with E-state index in [4.69, 9.17) is 14.7 Å². The van der Waals surface area contributed by atoms with Crippen molar-refractivity contribution in [2.45, 2.75) is 20.3 Å². The van der Waals surface area contributed by atoms with E-state index in [1.807, 2.05) is 24.4 Å². The van der Waals surface area contributed by atoms with E-state index in [1.54, 1.807) is 19.2 Å². The number of methoxy groups -OCH3 is 1. The third-order valence-corrected chi connectivity index (χ3v) is 3.26. The van der Waals surface area contributed by atoms with Crippen molar-refractivity contribution in [3.8, 4) is 28.9 Å². The van der Waals surface area contributed by atoms with Gasteiger partial charge in [-0.25, -0.2) is 0 Å². The normalized spacial score (nSPS) is 10.2. The highest BCUT2D eigenvalue weighted by Crippen LogP contribution is 2.32. The fourth-order valence-corrected chi connectivity index (χ4v) is 1.96. The standard InChI is InChI=1S/C17H20N4O2/c1-12(2)8-9-23-15-6-4-13(10-16(15)22-3)14-5-7-17(19-11-18)21-20-14/h4-7,10,12H,8-9H2,1-3H3,(H,19,21). The van der Waals surface area contributed by atoms with Crippen LogP contribution in [0.15, 0.2) is 30.3 Å². The number of nitriles is 1. The quantitative estimate of drug-likeness (QED) is 0.623. The van der Waals surface area contributed by atoms with Crippen molar-refractivity contribution < 1.29 is 9.47 Å². The topological polar surface area (TPSA) is 80.1 Å². The molecule has 2 rings (SSSR count). The summed E-state index contributed by atoms with van der Waals surface area (Å²) in [6, 6.07) is 9.14. The van der Waals surface area contributed by atoms with Crippen LogP contribution in [0.2, 0.25) is 0 Å². The van der Waals surface area contributed by atoms with Crippen molar-refractivity contribution in [3.05, 3.63) is 30.3 Å². The van der Waals surface area contributed by atoms with Crippen LogP contribution in [0.1, 0.15) is 20.3 Å². The van der Waals surface area contributed by atoms with E-state index in [9.17, 15) is 0 Å². The van der Waals surface area contributed by atoms with Gasteiger partial charge in [0.2, 0.25) is 0 Å². The first-order valence-corrected chi connectivity index (χ1v) is 7.44. The Hall–Kier alpha value is -2.81. The van der Waals surface area contributed by atoms with Crippen molar-refractivity contribution in [1.82, 2.24) is 10.2 Å². The molecule has 0 aliphatic heterocycles. The zero-order chi connectivity index (χ0) is 16.7. The first-order valence-electron chi connectivity index (χ1n) is 7.44. The Balaban J connectivity index is 2.16. The van der Waals surface area contributed by atoms with Crippen LogP contribution >= 0.6 is 0 Å². The Morgan fingerprint density at radius 2 is 2.00 bits per heavy atom. The molecule has 0 amide bonds. The maximum absolute atomic E-state index is 8.55. The third-order valence-electron chi connectivity index (χ3n) is 3.26. The van der Waals surface area contributed by atoms with Gasteiger partial charge in [0.1, 0.15) is 0 Å². The summed E-state index contributed by atoms with van der Waals surface area (Å²) < 4.78 is 11.2. The van der Waals surface area contributed by atoms with E-state index < -0.39 is 0 Å². The zero-order valence-corrected chi connectivity index (χ0v) is 13.5. The number of ether oxygens (including phenoxy) is 2. The van der Waals surface area contributed by atoms with Crippen molar-refractivity contribution in [2.75, 3.05) is 19.0 Å². The second-order valence-electron chi connectivity index (χ2n) is 5.44. The molecule has 0 unspecified atom stereocenters. The lowest BCUT2D eigenvalue weighted by molar-refractivity contribution is 0.273. The third kappa shape index (κ3) is 4.58. The molecule has 1 N–H and O–H groups in total. The average Bonchev–Trinajstić information content (AvgIpc) is 2.56. The van der Waals surface area contributed by atoms with Crippen molar-refractivity contribution in [1.29, 1.82) is 5.26 Å². The predicted molar refractivity (Wildman–Crippen MR) is 88.2 cm³/mol. The molecule has 0 bridgehead atoms. The van der Waals surface area contributed by atoms with Crippen LogP contribution in [0, 0.1) is 17.4 Å². The van der Waals surface area contributed by atoms with Gasteiger partial charge >= 0.3 is 0 Å². The smallest absolute Gasteiger partial charge is 0.182 e. The second kappa shape index (κ2) is 7.99. The maximum Gasteiger partial charge on any atom is 0.182 e. The Bertz CT molecular complexity index is 678. The first kappa shape index (κ1) is 16.6. The molecule has 2 aromatic rings. The van der Waals surface area contributed by atoms with Crippen molar-refractivity contribution >= 4 is 5.82 Å². The summed E-state index contributed by atoms with van der Waals surface area (Å²) in [5.41, 5.74) is 1.56. The molecular weight excluding hydrogens is 292 g/mol. The summed E-state index contributed by atoms with van der Waals surface area (Å²) in [6.07, 6.45) is 2.80. The molecule has 0 saturated heterocycles. The molecule has 0 saturated carbocycles. The van der Waals surface area contributed by atoms with E-state index in [1.165, 1.54) is 0 Å². The van der Waals surface area contributed by atoms with Gasteiger partial charge in [-0.1, -0.05) is 13.8 Å². The highest BCUT2D eigenvalue weighted by molar-refractivity contribution is 5.64. The first-order chi connectivity index (χ1) is 11.1. The van der Waals surface area contributed by atoms with Gasteiger partial charge in [0.15, 0.2) is 23.5 Å². The van der Waals surface area contributed by atoms with Gasteiger partial charge in [0.25, 0.3) is 0 Å². The molecule has 0 radical (unpaired) electrons. The molecule has 0 atom stereocenters. The number of anilines is 1. The van der Waals surface area contributed by atoms with Gasteiger partial charge in [-0.3, -0.25) is 5.32 Å². The largest absolute Gasteiger partial charge is 0.493 e. The zero-order valence-electron chi connectivity index (χ0n) is 13.5. The van der Waals surface area contributed by atoms with Gasteiger partial charge < -0.3 is 9.47 Å². The van der Waals surface area contributed by atoms with Crippen LogP contribution in [0.5, 0.6) is 11.5 Å². The SMILES string of the molecule is COc1cc(-c2ccc(NC#N)nn2)ccc1OCCC(C)C. The lowest BCUT2D eigenvalue weighted by Crippen LogP contribution is -2.03. The Kier molecular flexibility index (Phi) is 5.75. The van der Waals surface area contributed by atoms with Crippen LogP contribution < -0.4 is 14.8 Å². The lowest BCUT2D eigenvalue weighted by atomic mass is 10.1. The predicted octanol–water partition coefficient (Wildman–Crippen LogP) is 3.47. The molecule has 1 aromatic heterocycles. The molecule has 23 heavy (non-hydrogen) atoms. The van der Waals surface area contributed by atoms with Crippen LogP contribution in [0.4, 0.5) is 5.82 Å². The Morgan fingerprint density at radius 1 is 1.17 bits per heavy atom. The number of nitrogens with zero attached hydrogens (tertiary/aromatic N) is 3. The van der Waals surface area contributed by atoms with E-state index in [0.29, 0.717) is 35.5 Å². The summed E-state index contributed by atoms with van der Waals surface area (Å²) in [5, 5.41) is 19.0. The molecule has 1 heterocycles. The molecule has 0 fully saturated rings. The molecule has 0 aliphatic carbocycles. The lowest BCUT2D eigenvalue weighted by Gasteiger charge is -2.13. The molecule has 120 valence electrons. The molecule has 0 aliphatic rings. The summed E-state index contributed by atoms with van der Waals surface area (Å²) in [4.78, 5) is 0. The Morgan fingerprint density at radius 3 is 2.61 bits per heavy atom. The molecule has 1 aromatic carbocycles. The fraction of sp³-hybridized carbons (Fsp3) is 0.353. The van der Waals surface area contributed by atoms with Crippen LogP contribution in [-0.4, -0.2) is 23.9 Å². The van der Waals surface area contributed by atoms with Crippen LogP contribution in [-0.2, 0) is 0 Å².